The van der Waals surface area contributed by atoms with E-state index in [1.165, 1.54) is 32.1 Å². The maximum Gasteiger partial charge on any atom is 0.0702 e. The summed E-state index contributed by atoms with van der Waals surface area (Å²) in [5, 5.41) is 9.61. The van der Waals surface area contributed by atoms with E-state index in [-0.39, 0.29) is 0 Å². The second-order valence-corrected chi connectivity index (χ2v) is 5.55. The Morgan fingerprint density at radius 1 is 0.778 bits per heavy atom. The lowest BCUT2D eigenvalue weighted by molar-refractivity contribution is 1.56. The molecular weight excluding hydrogens is 238 g/mol. The topological polar surface area (TPSA) is 12.0 Å². The molecule has 0 bridgehead atoms. The molecule has 1 heterocycles. The minimum atomic E-state index is 1.01. The molecule has 1 N–H and O–H groups in total. The van der Waals surface area contributed by atoms with Gasteiger partial charge in [0.1, 0.15) is 0 Å². The molecule has 0 atom stereocenters. The van der Waals surface area contributed by atoms with Crippen molar-refractivity contribution in [3.8, 4) is 0 Å². The molecule has 0 fully saturated rings. The molecule has 3 aromatic carbocycles. The quantitative estimate of drug-likeness (QED) is 0.564. The molecule has 2 heteroatoms. The van der Waals surface area contributed by atoms with Gasteiger partial charge in [-0.25, -0.2) is 0 Å². The Labute approximate surface area is 110 Å². The van der Waals surface area contributed by atoms with Crippen molar-refractivity contribution in [3.05, 3.63) is 60.1 Å². The van der Waals surface area contributed by atoms with Crippen molar-refractivity contribution in [1.82, 2.24) is 0 Å². The molecule has 0 saturated carbocycles. The van der Waals surface area contributed by atoms with Gasteiger partial charge in [-0.05, 0) is 16.2 Å². The summed E-state index contributed by atoms with van der Waals surface area (Å²) in [6, 6.07) is 17.1. The van der Waals surface area contributed by atoms with Gasteiger partial charge in [0.05, 0.1) is 10.7 Å². The van der Waals surface area contributed by atoms with Gasteiger partial charge in [-0.1, -0.05) is 66.9 Å². The predicted octanol–water partition coefficient (Wildman–Crippen LogP) is 4.98. The summed E-state index contributed by atoms with van der Waals surface area (Å²) in [6.45, 7) is 4.03. The molecule has 18 heavy (non-hydrogen) atoms. The van der Waals surface area contributed by atoms with Gasteiger partial charge >= 0.3 is 0 Å². The van der Waals surface area contributed by atoms with Crippen LogP contribution in [0.1, 0.15) is 0 Å². The fourth-order valence-electron chi connectivity index (χ4n) is 2.63. The van der Waals surface area contributed by atoms with Crippen LogP contribution in [0.25, 0.3) is 21.5 Å². The zero-order valence-electron chi connectivity index (χ0n) is 9.73. The molecule has 4 rings (SSSR count). The lowest BCUT2D eigenvalue weighted by Crippen LogP contribution is -1.89. The van der Waals surface area contributed by atoms with Crippen LogP contribution < -0.4 is 5.32 Å². The molecule has 1 aliphatic rings. The molecule has 0 saturated heterocycles. The molecule has 0 aromatic heterocycles. The zero-order chi connectivity index (χ0) is 12.1. The van der Waals surface area contributed by atoms with Crippen molar-refractivity contribution < 1.29 is 0 Å². The van der Waals surface area contributed by atoms with Crippen LogP contribution in [-0.4, -0.2) is 0 Å². The smallest absolute Gasteiger partial charge is 0.0702 e. The molecule has 0 amide bonds. The fraction of sp³-hybridized carbons (Fsp3) is 0. The number of benzene rings is 3. The van der Waals surface area contributed by atoms with Crippen molar-refractivity contribution in [2.24, 2.45) is 0 Å². The van der Waals surface area contributed by atoms with Crippen LogP contribution in [0.5, 0.6) is 0 Å². The van der Waals surface area contributed by atoms with Crippen molar-refractivity contribution in [1.29, 1.82) is 0 Å². The monoisotopic (exact) mass is 249 g/mol. The average Bonchev–Trinajstić information content (AvgIpc) is 2.81. The highest BCUT2D eigenvalue weighted by atomic mass is 32.2. The Balaban J connectivity index is 2.31. The van der Waals surface area contributed by atoms with E-state index in [9.17, 15) is 0 Å². The van der Waals surface area contributed by atoms with Crippen molar-refractivity contribution in [2.45, 2.75) is 4.90 Å². The Morgan fingerprint density at radius 2 is 1.33 bits per heavy atom. The molecule has 1 aliphatic heterocycles. The number of rotatable bonds is 0. The third-order valence-corrected chi connectivity index (χ3v) is 4.35. The van der Waals surface area contributed by atoms with E-state index in [4.69, 9.17) is 0 Å². The minimum absolute atomic E-state index is 1.01. The van der Waals surface area contributed by atoms with Crippen LogP contribution in [-0.2, 0) is 0 Å². The number of hydrogen-bond acceptors (Lipinski definition) is 2. The second-order valence-electron chi connectivity index (χ2n) is 4.45. The highest BCUT2D eigenvalue weighted by Crippen LogP contribution is 2.48. The summed E-state index contributed by atoms with van der Waals surface area (Å²) in [4.78, 5) is 1.30. The first-order chi connectivity index (χ1) is 8.84. The Kier molecular flexibility index (Phi) is 1.97. The fourth-order valence-corrected chi connectivity index (χ4v) is 3.58. The number of fused-ring (bicyclic) bond motifs is 6. The normalized spacial score (nSPS) is 13.9. The Bertz CT molecular complexity index is 738. The van der Waals surface area contributed by atoms with Crippen LogP contribution in [0.15, 0.2) is 65.0 Å². The highest BCUT2D eigenvalue weighted by Gasteiger charge is 2.20. The van der Waals surface area contributed by atoms with Gasteiger partial charge in [0.2, 0.25) is 0 Å². The minimum Gasteiger partial charge on any atom is -0.349 e. The Morgan fingerprint density at radius 3 is 2.06 bits per heavy atom. The highest BCUT2D eigenvalue weighted by molar-refractivity contribution is 8.04. The number of nitrogens with one attached hydrogen (secondary N) is 1. The van der Waals surface area contributed by atoms with Crippen LogP contribution >= 0.6 is 11.8 Å². The van der Waals surface area contributed by atoms with E-state index in [0.29, 0.717) is 0 Å². The maximum atomic E-state index is 4.03. The third-order valence-electron chi connectivity index (χ3n) is 3.38. The first-order valence-electron chi connectivity index (χ1n) is 5.92. The molecule has 0 aliphatic carbocycles. The first kappa shape index (κ1) is 10.0. The van der Waals surface area contributed by atoms with Crippen LogP contribution in [0.4, 0.5) is 5.69 Å². The summed E-state index contributed by atoms with van der Waals surface area (Å²) in [5.74, 6) is 0. The Hall–Kier alpha value is -1.93. The van der Waals surface area contributed by atoms with Gasteiger partial charge in [0.25, 0.3) is 0 Å². The third kappa shape index (κ3) is 1.24. The van der Waals surface area contributed by atoms with Gasteiger partial charge in [0.15, 0.2) is 0 Å². The average molecular weight is 249 g/mol. The van der Waals surface area contributed by atoms with Crippen molar-refractivity contribution in [3.63, 3.8) is 0 Å². The van der Waals surface area contributed by atoms with Crippen LogP contribution in [0.3, 0.4) is 0 Å². The molecule has 3 aromatic rings. The predicted molar refractivity (Wildman–Crippen MR) is 80.1 cm³/mol. The zero-order valence-corrected chi connectivity index (χ0v) is 10.6. The van der Waals surface area contributed by atoms with E-state index in [1.807, 2.05) is 0 Å². The number of thioether (sulfide) groups is 1. The van der Waals surface area contributed by atoms with Crippen LogP contribution in [0, 0.1) is 0 Å². The summed E-state index contributed by atoms with van der Waals surface area (Å²) in [5.41, 5.74) is 1.21. The van der Waals surface area contributed by atoms with E-state index in [2.05, 4.69) is 60.4 Å². The van der Waals surface area contributed by atoms with E-state index < -0.39 is 0 Å². The lowest BCUT2D eigenvalue weighted by Gasteiger charge is -2.09. The second kappa shape index (κ2) is 3.53. The first-order valence-corrected chi connectivity index (χ1v) is 6.73. The van der Waals surface area contributed by atoms with Gasteiger partial charge in [-0.15, -0.1) is 0 Å². The van der Waals surface area contributed by atoms with Crippen molar-refractivity contribution >= 4 is 39.0 Å². The van der Waals surface area contributed by atoms with Gasteiger partial charge < -0.3 is 5.32 Å². The molecule has 0 radical (unpaired) electrons. The number of anilines is 1. The summed E-state index contributed by atoms with van der Waals surface area (Å²) in [6.07, 6.45) is 0. The largest absolute Gasteiger partial charge is 0.349 e. The van der Waals surface area contributed by atoms with E-state index in [1.54, 1.807) is 11.8 Å². The standard InChI is InChI=1S/C16H11NS/c1-10-17-15-13-8-4-2-6-11(13)12-7-3-5-9-14(12)16(15)18-10/h2-9,17H,1H2. The van der Waals surface area contributed by atoms with E-state index in [0.717, 1.165) is 5.03 Å². The summed E-state index contributed by atoms with van der Waals surface area (Å²) < 4.78 is 0. The summed E-state index contributed by atoms with van der Waals surface area (Å²) >= 11 is 1.73. The van der Waals surface area contributed by atoms with E-state index >= 15 is 0 Å². The van der Waals surface area contributed by atoms with Crippen molar-refractivity contribution in [2.75, 3.05) is 5.32 Å². The van der Waals surface area contributed by atoms with Crippen LogP contribution in [0.2, 0.25) is 0 Å². The maximum absolute atomic E-state index is 4.03. The lowest BCUT2D eigenvalue weighted by atomic mass is 10.0. The van der Waals surface area contributed by atoms with Gasteiger partial charge in [0, 0.05) is 10.3 Å². The molecular formula is C16H11NS. The SMILES string of the molecule is C=C1Nc2c(c3ccccc3c3ccccc23)S1. The molecule has 86 valence electrons. The van der Waals surface area contributed by atoms with Gasteiger partial charge in [-0.2, -0.15) is 0 Å². The summed E-state index contributed by atoms with van der Waals surface area (Å²) in [7, 11) is 0. The molecule has 1 nitrogen and oxygen atoms in total. The molecule has 0 spiro atoms. The number of hydrogen-bond donors (Lipinski definition) is 1. The van der Waals surface area contributed by atoms with Gasteiger partial charge in [-0.3, -0.25) is 0 Å². The molecule has 0 unspecified atom stereocenters.